The van der Waals surface area contributed by atoms with Gasteiger partial charge in [0.2, 0.25) is 0 Å². The zero-order valence-corrected chi connectivity index (χ0v) is 33.9. The smallest absolute Gasteiger partial charge is 0.162 e. The fraction of sp³-hybridized carbons (Fsp3) is 0.419. The summed E-state index contributed by atoms with van der Waals surface area (Å²) >= 11 is 1.80. The molecule has 0 saturated carbocycles. The van der Waals surface area contributed by atoms with Crippen molar-refractivity contribution in [2.75, 3.05) is 0 Å². The fourth-order valence-corrected chi connectivity index (χ4v) is 7.40. The van der Waals surface area contributed by atoms with Gasteiger partial charge in [0.15, 0.2) is 5.78 Å². The average molecular weight is 854 g/mol. The van der Waals surface area contributed by atoms with Crippen molar-refractivity contribution in [2.45, 2.75) is 99.8 Å². The van der Waals surface area contributed by atoms with E-state index in [-0.39, 0.29) is 48.9 Å². The third kappa shape index (κ3) is 9.96. The van der Waals surface area contributed by atoms with Crippen molar-refractivity contribution in [2.24, 2.45) is 17.8 Å². The minimum atomic E-state index is 0. The van der Waals surface area contributed by atoms with Crippen LogP contribution in [-0.4, -0.2) is 20.9 Å². The summed E-state index contributed by atoms with van der Waals surface area (Å²) in [5.74, 6) is 1.18. The Bertz CT molecular complexity index is 1860. The summed E-state index contributed by atoms with van der Waals surface area (Å²) in [5, 5.41) is 15.8. The Hall–Kier alpha value is -3.18. The Balaban J connectivity index is 0.000000347. The van der Waals surface area contributed by atoms with E-state index in [1.54, 1.807) is 11.3 Å². The first kappa shape index (κ1) is 40.3. The van der Waals surface area contributed by atoms with Gasteiger partial charge >= 0.3 is 0 Å². The predicted molar refractivity (Wildman–Crippen MR) is 206 cm³/mol. The first-order valence-corrected chi connectivity index (χ1v) is 18.5. The molecule has 0 saturated heterocycles. The van der Waals surface area contributed by atoms with Gasteiger partial charge in [0.25, 0.3) is 0 Å². The Morgan fingerprint density at radius 1 is 0.898 bits per heavy atom. The van der Waals surface area contributed by atoms with Gasteiger partial charge < -0.3 is 5.11 Å². The molecule has 0 bridgehead atoms. The van der Waals surface area contributed by atoms with E-state index in [0.717, 1.165) is 60.0 Å². The third-order valence-corrected chi connectivity index (χ3v) is 10.2. The van der Waals surface area contributed by atoms with Gasteiger partial charge in [0.05, 0.1) is 16.2 Å². The molecule has 0 aliphatic carbocycles. The topological polar surface area (TPSA) is 63.1 Å². The summed E-state index contributed by atoms with van der Waals surface area (Å²) in [5.41, 5.74) is 6.85. The largest absolute Gasteiger partial charge is 0.512 e. The zero-order valence-electron chi connectivity index (χ0n) is 30.7. The van der Waals surface area contributed by atoms with Crippen LogP contribution in [0.1, 0.15) is 99.1 Å². The predicted octanol–water partition coefficient (Wildman–Crippen LogP) is 12.3. The Kier molecular flexibility index (Phi) is 14.9. The van der Waals surface area contributed by atoms with Gasteiger partial charge in [-0.1, -0.05) is 97.5 Å². The number of benzene rings is 2. The summed E-state index contributed by atoms with van der Waals surface area (Å²) in [7, 11) is 0. The molecule has 5 aromatic rings. The molecule has 0 atom stereocenters. The molecule has 4 nitrogen and oxygen atoms in total. The minimum absolute atomic E-state index is 0. The molecule has 3 aromatic heterocycles. The summed E-state index contributed by atoms with van der Waals surface area (Å²) in [4.78, 5) is 21.2. The summed E-state index contributed by atoms with van der Waals surface area (Å²) in [6.45, 7) is 19.4. The van der Waals surface area contributed by atoms with Crippen molar-refractivity contribution in [3.63, 3.8) is 0 Å². The van der Waals surface area contributed by atoms with Crippen molar-refractivity contribution >= 4 is 38.0 Å². The SMILES string of the molecule is CC(C)Cc1csc2c(-c3ccnc(-c4[c-]c5ccccc5c(C(C)(C)C)c4)c3)nccc12.CCC(CC)C(=O)/C=C(\O)C(CC)CC.[Ir]. The van der Waals surface area contributed by atoms with Crippen LogP contribution in [0.5, 0.6) is 0 Å². The quantitative estimate of drug-likeness (QED) is 0.0817. The van der Waals surface area contributed by atoms with Crippen molar-refractivity contribution in [1.82, 2.24) is 9.97 Å². The maximum Gasteiger partial charge on any atom is 0.162 e. The molecule has 1 N–H and O–H groups in total. The number of fused-ring (bicyclic) bond motifs is 2. The van der Waals surface area contributed by atoms with Crippen LogP contribution in [0.2, 0.25) is 0 Å². The molecule has 0 amide bonds. The molecule has 263 valence electrons. The van der Waals surface area contributed by atoms with E-state index in [0.29, 0.717) is 5.92 Å². The summed E-state index contributed by atoms with van der Waals surface area (Å²) in [6.07, 6.45) is 9.83. The number of rotatable bonds is 11. The zero-order chi connectivity index (χ0) is 35.0. The van der Waals surface area contributed by atoms with Crippen molar-refractivity contribution < 1.29 is 30.0 Å². The summed E-state index contributed by atoms with van der Waals surface area (Å²) in [6, 6.07) is 20.8. The number of nitrogens with zero attached hydrogens (tertiary/aromatic N) is 2. The maximum absolute atomic E-state index is 11.7. The number of pyridine rings is 2. The van der Waals surface area contributed by atoms with Crippen LogP contribution in [0, 0.1) is 23.8 Å². The van der Waals surface area contributed by atoms with Gasteiger partial charge in [-0.3, -0.25) is 14.8 Å². The number of aliphatic hydroxyl groups excluding tert-OH is 1. The molecule has 5 rings (SSSR count). The number of carbonyl (C=O) groups excluding carboxylic acids is 1. The van der Waals surface area contributed by atoms with E-state index in [2.05, 4.69) is 94.6 Å². The molecular formula is C43H53IrN2O2S-. The first-order valence-electron chi connectivity index (χ1n) is 17.6. The van der Waals surface area contributed by atoms with Crippen molar-refractivity contribution in [1.29, 1.82) is 0 Å². The molecular weight excluding hydrogens is 801 g/mol. The number of aliphatic hydroxyl groups is 1. The second-order valence-electron chi connectivity index (χ2n) is 14.2. The van der Waals surface area contributed by atoms with E-state index < -0.39 is 0 Å². The Labute approximate surface area is 311 Å². The Morgan fingerprint density at radius 3 is 2.18 bits per heavy atom. The van der Waals surface area contributed by atoms with Crippen LogP contribution in [0.3, 0.4) is 0 Å². The van der Waals surface area contributed by atoms with Crippen LogP contribution in [0.15, 0.2) is 78.1 Å². The van der Waals surface area contributed by atoms with Crippen LogP contribution in [0.25, 0.3) is 43.4 Å². The van der Waals surface area contributed by atoms with Gasteiger partial charge in [-0.2, -0.15) is 0 Å². The monoisotopic (exact) mass is 854 g/mol. The average Bonchev–Trinajstić information content (AvgIpc) is 3.47. The van der Waals surface area contributed by atoms with Gasteiger partial charge in [0, 0.05) is 56.1 Å². The maximum atomic E-state index is 11.7. The number of carbonyl (C=O) groups is 1. The molecule has 2 aromatic carbocycles. The molecule has 0 fully saturated rings. The normalized spacial score (nSPS) is 12.0. The number of aromatic nitrogens is 2. The van der Waals surface area contributed by atoms with Crippen LogP contribution in [0.4, 0.5) is 0 Å². The molecule has 3 heterocycles. The number of hydrogen-bond acceptors (Lipinski definition) is 5. The fourth-order valence-electron chi connectivity index (χ4n) is 6.31. The van der Waals surface area contributed by atoms with Crippen LogP contribution >= 0.6 is 11.3 Å². The van der Waals surface area contributed by atoms with E-state index >= 15 is 0 Å². The van der Waals surface area contributed by atoms with Crippen LogP contribution in [-0.2, 0) is 36.7 Å². The molecule has 6 heteroatoms. The molecule has 0 spiro atoms. The third-order valence-electron chi connectivity index (χ3n) is 9.17. The second kappa shape index (κ2) is 18.2. The van der Waals surface area contributed by atoms with Crippen molar-refractivity contribution in [3.8, 4) is 22.5 Å². The van der Waals surface area contributed by atoms with E-state index in [9.17, 15) is 9.90 Å². The van der Waals surface area contributed by atoms with Gasteiger partial charge in [-0.05, 0) is 77.5 Å². The number of ketones is 1. The Morgan fingerprint density at radius 2 is 1.55 bits per heavy atom. The van der Waals surface area contributed by atoms with E-state index in [4.69, 9.17) is 9.97 Å². The minimum Gasteiger partial charge on any atom is -0.512 e. The molecule has 0 unspecified atom stereocenters. The first-order chi connectivity index (χ1) is 22.9. The van der Waals surface area contributed by atoms with E-state index in [1.165, 1.54) is 32.7 Å². The molecule has 0 aliphatic heterocycles. The van der Waals surface area contributed by atoms with Gasteiger partial charge in [-0.25, -0.2) is 0 Å². The number of allylic oxidation sites excluding steroid dienone is 2. The number of thiophene rings is 1. The molecule has 49 heavy (non-hydrogen) atoms. The molecule has 0 aliphatic rings. The van der Waals surface area contributed by atoms with Crippen LogP contribution < -0.4 is 0 Å². The van der Waals surface area contributed by atoms with Crippen molar-refractivity contribution in [3.05, 3.63) is 95.3 Å². The second-order valence-corrected chi connectivity index (χ2v) is 15.1. The molecule has 1 radical (unpaired) electrons. The van der Waals surface area contributed by atoms with E-state index in [1.807, 2.05) is 40.1 Å². The standard InChI is InChI=1S/C30H29N2S.C13H24O2.Ir/c1-19(2)14-23-18-33-29-25(23)11-13-32-28(29)21-10-12-31-27(17-21)22-15-20-8-6-7-9-24(20)26(16-22)30(3,4)5;1-5-10(6-2)12(14)9-13(15)11(7-3)8-4;/h6-13,16-19H,14H2,1-5H3;9-11,14H,5-8H2,1-4H3;/q-1;;/b;12-9-;. The van der Waals surface area contributed by atoms with Gasteiger partial charge in [-0.15, -0.1) is 40.5 Å². The summed E-state index contributed by atoms with van der Waals surface area (Å²) < 4.78 is 1.25. The van der Waals surface area contributed by atoms with Gasteiger partial charge in [0.1, 0.15) is 0 Å². The number of hydrogen-bond donors (Lipinski definition) is 1.